The van der Waals surface area contributed by atoms with E-state index < -0.39 is 23.5 Å². The lowest BCUT2D eigenvalue weighted by molar-refractivity contribution is -0.132. The second-order valence-corrected chi connectivity index (χ2v) is 7.77. The molecule has 9 heteroatoms. The second-order valence-electron chi connectivity index (χ2n) is 6.89. The highest BCUT2D eigenvalue weighted by atomic mass is 32.1. The molecule has 5 rings (SSSR count). The summed E-state index contributed by atoms with van der Waals surface area (Å²) in [6.45, 7) is 0.781. The summed E-state index contributed by atoms with van der Waals surface area (Å²) in [7, 11) is 0. The van der Waals surface area contributed by atoms with Gasteiger partial charge in [0.05, 0.1) is 11.6 Å². The Kier molecular flexibility index (Phi) is 4.67. The Balaban J connectivity index is 1.68. The molecule has 1 aromatic heterocycles. The number of ether oxygens (including phenoxy) is 2. The van der Waals surface area contributed by atoms with Crippen LogP contribution >= 0.6 is 11.3 Å². The molecule has 0 radical (unpaired) electrons. The van der Waals surface area contributed by atoms with Crippen molar-refractivity contribution in [2.75, 3.05) is 18.1 Å². The number of fused-ring (bicyclic) bond motifs is 1. The average Bonchev–Trinajstić information content (AvgIpc) is 3.40. The van der Waals surface area contributed by atoms with Crippen molar-refractivity contribution in [3.05, 3.63) is 76.6 Å². The van der Waals surface area contributed by atoms with Gasteiger partial charge in [-0.25, -0.2) is 9.37 Å². The zero-order valence-electron chi connectivity index (χ0n) is 15.9. The van der Waals surface area contributed by atoms with Gasteiger partial charge in [0.15, 0.2) is 16.6 Å². The fraction of sp³-hybridized carbons (Fsp3) is 0.136. The van der Waals surface area contributed by atoms with Gasteiger partial charge in [-0.05, 0) is 35.9 Å². The van der Waals surface area contributed by atoms with Gasteiger partial charge < -0.3 is 14.6 Å². The van der Waals surface area contributed by atoms with Gasteiger partial charge in [-0.3, -0.25) is 14.5 Å². The van der Waals surface area contributed by atoms with Gasteiger partial charge in [0, 0.05) is 17.1 Å². The van der Waals surface area contributed by atoms with Crippen LogP contribution in [0, 0.1) is 5.82 Å². The number of hydrogen-bond donors (Lipinski definition) is 1. The van der Waals surface area contributed by atoms with Crippen molar-refractivity contribution in [1.29, 1.82) is 0 Å². The normalized spacial score (nSPS) is 19.6. The van der Waals surface area contributed by atoms with E-state index in [9.17, 15) is 19.1 Å². The molecule has 7 nitrogen and oxygen atoms in total. The van der Waals surface area contributed by atoms with Crippen LogP contribution in [0.5, 0.6) is 11.5 Å². The van der Waals surface area contributed by atoms with Crippen LogP contribution in [0.1, 0.15) is 17.2 Å². The van der Waals surface area contributed by atoms with Gasteiger partial charge in [-0.15, -0.1) is 11.3 Å². The van der Waals surface area contributed by atoms with Crippen LogP contribution < -0.4 is 14.4 Å². The van der Waals surface area contributed by atoms with Gasteiger partial charge in [0.25, 0.3) is 5.78 Å². The van der Waals surface area contributed by atoms with Crippen molar-refractivity contribution in [2.24, 2.45) is 0 Å². The molecule has 0 aliphatic carbocycles. The molecule has 156 valence electrons. The van der Waals surface area contributed by atoms with E-state index in [1.54, 1.807) is 23.6 Å². The SMILES string of the molecule is O=C1C(=O)N(c2nccs2)C(c2ccc(F)cc2)C1=C(O)c1ccc2c(c1)OCCO2. The number of hydrogen-bond acceptors (Lipinski definition) is 7. The van der Waals surface area contributed by atoms with E-state index in [4.69, 9.17) is 9.47 Å². The van der Waals surface area contributed by atoms with Crippen LogP contribution in [0.25, 0.3) is 5.76 Å². The topological polar surface area (TPSA) is 89.0 Å². The molecule has 0 saturated carbocycles. The van der Waals surface area contributed by atoms with Crippen molar-refractivity contribution in [3.63, 3.8) is 0 Å². The summed E-state index contributed by atoms with van der Waals surface area (Å²) in [5.74, 6) is -1.52. The number of aliphatic hydroxyl groups excluding tert-OH is 1. The first-order chi connectivity index (χ1) is 15.0. The fourth-order valence-electron chi connectivity index (χ4n) is 3.67. The predicted molar refractivity (Wildman–Crippen MR) is 111 cm³/mol. The third-order valence-electron chi connectivity index (χ3n) is 5.07. The maximum Gasteiger partial charge on any atom is 0.301 e. The smallest absolute Gasteiger partial charge is 0.301 e. The van der Waals surface area contributed by atoms with Gasteiger partial charge in [-0.2, -0.15) is 0 Å². The summed E-state index contributed by atoms with van der Waals surface area (Å²) >= 11 is 1.18. The van der Waals surface area contributed by atoms with E-state index in [1.165, 1.54) is 46.7 Å². The first kappa shape index (κ1) is 19.3. The summed E-state index contributed by atoms with van der Waals surface area (Å²) in [4.78, 5) is 31.3. The van der Waals surface area contributed by atoms with Gasteiger partial charge in [-0.1, -0.05) is 12.1 Å². The second kappa shape index (κ2) is 7.51. The third kappa shape index (κ3) is 3.23. The van der Waals surface area contributed by atoms with E-state index in [-0.39, 0.29) is 11.3 Å². The molecule has 2 aromatic carbocycles. The molecule has 1 N–H and O–H groups in total. The average molecular weight is 438 g/mol. The van der Waals surface area contributed by atoms with Crippen molar-refractivity contribution in [1.82, 2.24) is 4.98 Å². The summed E-state index contributed by atoms with van der Waals surface area (Å²) in [6.07, 6.45) is 1.52. The number of ketones is 1. The summed E-state index contributed by atoms with van der Waals surface area (Å²) in [6, 6.07) is 9.24. The number of rotatable bonds is 3. The lowest BCUT2D eigenvalue weighted by atomic mass is 9.95. The van der Waals surface area contributed by atoms with Crippen molar-refractivity contribution >= 4 is 33.9 Å². The highest BCUT2D eigenvalue weighted by Crippen LogP contribution is 2.43. The molecule has 1 fully saturated rings. The minimum atomic E-state index is -0.958. The van der Waals surface area contributed by atoms with Crippen LogP contribution in [0.4, 0.5) is 9.52 Å². The number of nitrogens with zero attached hydrogens (tertiary/aromatic N) is 2. The number of aliphatic hydroxyl groups is 1. The molecule has 3 heterocycles. The summed E-state index contributed by atoms with van der Waals surface area (Å²) in [5, 5.41) is 13.1. The largest absolute Gasteiger partial charge is 0.507 e. The molecule has 2 aliphatic heterocycles. The third-order valence-corrected chi connectivity index (χ3v) is 5.84. The monoisotopic (exact) mass is 438 g/mol. The quantitative estimate of drug-likeness (QED) is 0.381. The first-order valence-electron chi connectivity index (χ1n) is 9.40. The number of amides is 1. The Morgan fingerprint density at radius 1 is 1.10 bits per heavy atom. The molecule has 1 amide bonds. The lowest BCUT2D eigenvalue weighted by Crippen LogP contribution is -2.29. The predicted octanol–water partition coefficient (Wildman–Crippen LogP) is 3.68. The molecular formula is C22H15FN2O5S. The Bertz CT molecular complexity index is 1210. The number of Topliss-reactive ketones (excluding diaryl/α,β-unsaturated/α-hetero) is 1. The van der Waals surface area contributed by atoms with Crippen LogP contribution in [0.2, 0.25) is 0 Å². The van der Waals surface area contributed by atoms with E-state index >= 15 is 0 Å². The molecule has 0 bridgehead atoms. The molecule has 1 unspecified atom stereocenters. The van der Waals surface area contributed by atoms with E-state index in [0.29, 0.717) is 41.0 Å². The van der Waals surface area contributed by atoms with E-state index in [1.807, 2.05) is 0 Å². The number of thiazole rings is 1. The molecule has 2 aliphatic rings. The van der Waals surface area contributed by atoms with E-state index in [0.717, 1.165) is 0 Å². The Labute approximate surface area is 180 Å². The van der Waals surface area contributed by atoms with Crippen molar-refractivity contribution in [3.8, 4) is 11.5 Å². The van der Waals surface area contributed by atoms with Crippen LogP contribution in [-0.4, -0.2) is 35.0 Å². The van der Waals surface area contributed by atoms with Gasteiger partial charge >= 0.3 is 5.91 Å². The number of halogens is 1. The Morgan fingerprint density at radius 3 is 2.55 bits per heavy atom. The zero-order chi connectivity index (χ0) is 21.5. The minimum Gasteiger partial charge on any atom is -0.507 e. The fourth-order valence-corrected chi connectivity index (χ4v) is 4.34. The summed E-state index contributed by atoms with van der Waals surface area (Å²) in [5.41, 5.74) is 0.659. The van der Waals surface area contributed by atoms with Crippen LogP contribution in [0.15, 0.2) is 59.6 Å². The van der Waals surface area contributed by atoms with Gasteiger partial charge in [0.1, 0.15) is 24.8 Å². The first-order valence-corrected chi connectivity index (χ1v) is 10.3. The Hall–Kier alpha value is -3.72. The minimum absolute atomic E-state index is 0.108. The molecule has 31 heavy (non-hydrogen) atoms. The molecular weight excluding hydrogens is 423 g/mol. The molecule has 1 atom stereocenters. The number of aromatic nitrogens is 1. The summed E-state index contributed by atoms with van der Waals surface area (Å²) < 4.78 is 24.6. The number of carbonyl (C=O) groups is 2. The van der Waals surface area contributed by atoms with Crippen LogP contribution in [0.3, 0.4) is 0 Å². The van der Waals surface area contributed by atoms with Gasteiger partial charge in [0.2, 0.25) is 0 Å². The standard InChI is InChI=1S/C22H15FN2O5S/c23-14-4-1-12(2-5-14)18-17(20(27)21(28)25(18)22-24-7-10-31-22)19(26)13-3-6-15-16(11-13)30-9-8-29-15/h1-7,10-11,18,26H,8-9H2. The van der Waals surface area contributed by atoms with Crippen molar-refractivity contribution < 1.29 is 28.6 Å². The molecule has 0 spiro atoms. The maximum atomic E-state index is 13.5. The van der Waals surface area contributed by atoms with Crippen molar-refractivity contribution in [2.45, 2.75) is 6.04 Å². The Morgan fingerprint density at radius 2 is 1.84 bits per heavy atom. The number of benzene rings is 2. The number of anilines is 1. The molecule has 1 saturated heterocycles. The maximum absolute atomic E-state index is 13.5. The van der Waals surface area contributed by atoms with Crippen LogP contribution in [-0.2, 0) is 9.59 Å². The zero-order valence-corrected chi connectivity index (χ0v) is 16.8. The number of carbonyl (C=O) groups excluding carboxylic acids is 2. The highest BCUT2D eigenvalue weighted by molar-refractivity contribution is 7.14. The lowest BCUT2D eigenvalue weighted by Gasteiger charge is -2.23. The molecule has 3 aromatic rings. The highest BCUT2D eigenvalue weighted by Gasteiger charge is 2.48. The van der Waals surface area contributed by atoms with E-state index in [2.05, 4.69) is 4.98 Å².